The van der Waals surface area contributed by atoms with Gasteiger partial charge in [0.1, 0.15) is 5.75 Å². The summed E-state index contributed by atoms with van der Waals surface area (Å²) >= 11 is 0. The van der Waals surface area contributed by atoms with Crippen LogP contribution in [0.25, 0.3) is 0 Å². The van der Waals surface area contributed by atoms with Crippen molar-refractivity contribution in [3.8, 4) is 5.75 Å². The van der Waals surface area contributed by atoms with Crippen LogP contribution >= 0.6 is 0 Å². The molecular formula is C13H21NO3S. The van der Waals surface area contributed by atoms with E-state index in [1.54, 1.807) is 0 Å². The van der Waals surface area contributed by atoms with Crippen molar-refractivity contribution < 1.29 is 13.2 Å². The van der Waals surface area contributed by atoms with Crippen LogP contribution < -0.4 is 9.88 Å². The molecule has 5 heteroatoms. The van der Waals surface area contributed by atoms with Gasteiger partial charge in [-0.25, -0.2) is 13.6 Å². The summed E-state index contributed by atoms with van der Waals surface area (Å²) in [6.45, 7) is 6.04. The number of hydrogen-bond acceptors (Lipinski definition) is 3. The second-order valence-corrected chi connectivity index (χ2v) is 6.87. The summed E-state index contributed by atoms with van der Waals surface area (Å²) in [6, 6.07) is 7.79. The lowest BCUT2D eigenvalue weighted by Crippen LogP contribution is -2.33. The summed E-state index contributed by atoms with van der Waals surface area (Å²) in [6.07, 6.45) is 0.983. The Bertz CT molecular complexity index is 477. The Morgan fingerprint density at radius 1 is 1.22 bits per heavy atom. The molecule has 0 saturated carbocycles. The molecule has 0 aliphatic carbocycles. The second kappa shape index (κ2) is 5.71. The fourth-order valence-electron chi connectivity index (χ4n) is 1.69. The summed E-state index contributed by atoms with van der Waals surface area (Å²) in [4.78, 5) is 0. The van der Waals surface area contributed by atoms with Gasteiger partial charge in [-0.1, -0.05) is 32.9 Å². The summed E-state index contributed by atoms with van der Waals surface area (Å²) in [5.74, 6) is 0.655. The third kappa shape index (κ3) is 5.51. The first-order valence-electron chi connectivity index (χ1n) is 5.94. The maximum atomic E-state index is 11.1. The molecule has 0 radical (unpaired) electrons. The SMILES string of the molecule is CCc1ccc(OCC(C)(C)CS(N)(=O)=O)cc1. The van der Waals surface area contributed by atoms with E-state index in [9.17, 15) is 8.42 Å². The molecule has 0 saturated heterocycles. The van der Waals surface area contributed by atoms with E-state index in [0.29, 0.717) is 6.61 Å². The lowest BCUT2D eigenvalue weighted by molar-refractivity contribution is 0.200. The molecule has 1 aromatic rings. The predicted octanol–water partition coefficient (Wildman–Crippen LogP) is 1.94. The lowest BCUT2D eigenvalue weighted by atomic mass is 9.98. The first-order chi connectivity index (χ1) is 8.22. The Labute approximate surface area is 109 Å². The van der Waals surface area contributed by atoms with Gasteiger partial charge in [0.15, 0.2) is 0 Å². The zero-order valence-corrected chi connectivity index (χ0v) is 12.0. The second-order valence-electron chi connectivity index (χ2n) is 5.26. The van der Waals surface area contributed by atoms with E-state index in [0.717, 1.165) is 12.2 Å². The Hall–Kier alpha value is -1.07. The number of ether oxygens (including phenoxy) is 1. The zero-order valence-electron chi connectivity index (χ0n) is 11.1. The van der Waals surface area contributed by atoms with E-state index in [4.69, 9.17) is 9.88 Å². The van der Waals surface area contributed by atoms with E-state index >= 15 is 0 Å². The predicted molar refractivity (Wildman–Crippen MR) is 73.1 cm³/mol. The van der Waals surface area contributed by atoms with E-state index in [1.807, 2.05) is 38.1 Å². The molecule has 4 nitrogen and oxygen atoms in total. The molecule has 0 aromatic heterocycles. The third-order valence-electron chi connectivity index (χ3n) is 2.55. The highest BCUT2D eigenvalue weighted by molar-refractivity contribution is 7.89. The topological polar surface area (TPSA) is 69.4 Å². The first kappa shape index (κ1) is 15.0. The van der Waals surface area contributed by atoms with Gasteiger partial charge in [-0.3, -0.25) is 0 Å². The largest absolute Gasteiger partial charge is 0.493 e. The summed E-state index contributed by atoms with van der Waals surface area (Å²) < 4.78 is 27.7. The van der Waals surface area contributed by atoms with Crippen LogP contribution in [0.5, 0.6) is 5.75 Å². The fourth-order valence-corrected chi connectivity index (χ4v) is 2.86. The minimum absolute atomic E-state index is 0.0902. The van der Waals surface area contributed by atoms with Crippen molar-refractivity contribution in [1.29, 1.82) is 0 Å². The number of benzene rings is 1. The van der Waals surface area contributed by atoms with Gasteiger partial charge in [-0.05, 0) is 24.1 Å². The number of aryl methyl sites for hydroxylation is 1. The molecule has 0 spiro atoms. The van der Waals surface area contributed by atoms with Crippen LogP contribution in [-0.4, -0.2) is 20.8 Å². The standard InChI is InChI=1S/C13H21NO3S/c1-4-11-5-7-12(8-6-11)17-9-13(2,3)10-18(14,15)16/h5-8H,4,9-10H2,1-3H3,(H2,14,15,16). The van der Waals surface area contributed by atoms with Gasteiger partial charge in [-0.2, -0.15) is 0 Å². The van der Waals surface area contributed by atoms with Crippen molar-refractivity contribution in [3.63, 3.8) is 0 Å². The van der Waals surface area contributed by atoms with Crippen LogP contribution in [0.2, 0.25) is 0 Å². The zero-order chi connectivity index (χ0) is 13.8. The van der Waals surface area contributed by atoms with Gasteiger partial charge in [0.25, 0.3) is 0 Å². The molecule has 0 bridgehead atoms. The highest BCUT2D eigenvalue weighted by atomic mass is 32.2. The summed E-state index contributed by atoms with van der Waals surface area (Å²) in [5, 5.41) is 5.05. The molecule has 0 atom stereocenters. The smallest absolute Gasteiger partial charge is 0.209 e. The molecule has 18 heavy (non-hydrogen) atoms. The molecule has 0 aliphatic heterocycles. The van der Waals surface area contributed by atoms with Crippen LogP contribution in [-0.2, 0) is 16.4 Å². The van der Waals surface area contributed by atoms with Gasteiger partial charge in [-0.15, -0.1) is 0 Å². The molecule has 1 rings (SSSR count). The minimum Gasteiger partial charge on any atom is -0.493 e. The normalized spacial score (nSPS) is 12.4. The number of primary sulfonamides is 1. The average Bonchev–Trinajstić information content (AvgIpc) is 2.24. The summed E-state index contributed by atoms with van der Waals surface area (Å²) in [7, 11) is -3.48. The molecule has 0 fully saturated rings. The Morgan fingerprint density at radius 2 is 1.78 bits per heavy atom. The van der Waals surface area contributed by atoms with Crippen LogP contribution in [0.1, 0.15) is 26.3 Å². The maximum Gasteiger partial charge on any atom is 0.209 e. The van der Waals surface area contributed by atoms with Crippen molar-refractivity contribution >= 4 is 10.0 Å². The molecule has 0 unspecified atom stereocenters. The fraction of sp³-hybridized carbons (Fsp3) is 0.538. The van der Waals surface area contributed by atoms with Gasteiger partial charge in [0, 0.05) is 5.41 Å². The van der Waals surface area contributed by atoms with Crippen molar-refractivity contribution in [3.05, 3.63) is 29.8 Å². The molecule has 1 aromatic carbocycles. The van der Waals surface area contributed by atoms with Crippen LogP contribution in [0.4, 0.5) is 0 Å². The highest BCUT2D eigenvalue weighted by Gasteiger charge is 2.24. The molecule has 0 aliphatic rings. The first-order valence-corrected chi connectivity index (χ1v) is 7.66. The van der Waals surface area contributed by atoms with E-state index in [-0.39, 0.29) is 5.75 Å². The van der Waals surface area contributed by atoms with Gasteiger partial charge in [0.2, 0.25) is 10.0 Å². The Kier molecular flexibility index (Phi) is 4.76. The average molecular weight is 271 g/mol. The lowest BCUT2D eigenvalue weighted by Gasteiger charge is -2.23. The maximum absolute atomic E-state index is 11.1. The number of nitrogens with two attached hydrogens (primary N) is 1. The minimum atomic E-state index is -3.48. The van der Waals surface area contributed by atoms with Crippen LogP contribution in [0.15, 0.2) is 24.3 Å². The molecular weight excluding hydrogens is 250 g/mol. The van der Waals surface area contributed by atoms with E-state index < -0.39 is 15.4 Å². The van der Waals surface area contributed by atoms with Gasteiger partial charge >= 0.3 is 0 Å². The van der Waals surface area contributed by atoms with E-state index in [1.165, 1.54) is 5.56 Å². The monoisotopic (exact) mass is 271 g/mol. The van der Waals surface area contributed by atoms with Crippen molar-refractivity contribution in [2.45, 2.75) is 27.2 Å². The van der Waals surface area contributed by atoms with Crippen LogP contribution in [0.3, 0.4) is 0 Å². The highest BCUT2D eigenvalue weighted by Crippen LogP contribution is 2.20. The summed E-state index contributed by atoms with van der Waals surface area (Å²) in [5.41, 5.74) is 0.739. The number of sulfonamides is 1. The van der Waals surface area contributed by atoms with Crippen molar-refractivity contribution in [1.82, 2.24) is 0 Å². The molecule has 0 amide bonds. The Morgan fingerprint density at radius 3 is 2.22 bits per heavy atom. The Balaban J connectivity index is 2.58. The number of hydrogen-bond donors (Lipinski definition) is 1. The van der Waals surface area contributed by atoms with Crippen LogP contribution in [0, 0.1) is 5.41 Å². The number of rotatable bonds is 6. The van der Waals surface area contributed by atoms with Gasteiger partial charge < -0.3 is 4.74 Å². The van der Waals surface area contributed by atoms with Crippen molar-refractivity contribution in [2.24, 2.45) is 10.6 Å². The van der Waals surface area contributed by atoms with E-state index in [2.05, 4.69) is 6.92 Å². The molecule has 2 N–H and O–H groups in total. The third-order valence-corrected chi connectivity index (χ3v) is 3.74. The quantitative estimate of drug-likeness (QED) is 0.859. The van der Waals surface area contributed by atoms with Gasteiger partial charge in [0.05, 0.1) is 12.4 Å². The van der Waals surface area contributed by atoms with Crippen molar-refractivity contribution in [2.75, 3.05) is 12.4 Å². The molecule has 0 heterocycles. The molecule has 102 valence electrons.